The summed E-state index contributed by atoms with van der Waals surface area (Å²) in [5, 5.41) is 11.6. The van der Waals surface area contributed by atoms with Gasteiger partial charge in [-0.25, -0.2) is 13.2 Å². The zero-order valence-electron chi connectivity index (χ0n) is 30.1. The van der Waals surface area contributed by atoms with Crippen molar-refractivity contribution < 1.29 is 32.4 Å². The molecule has 4 atom stereocenters. The van der Waals surface area contributed by atoms with Gasteiger partial charge in [0, 0.05) is 12.6 Å². The fourth-order valence-electron chi connectivity index (χ4n) is 8.09. The Bertz CT molecular complexity index is 1450. The molecule has 0 unspecified atom stereocenters. The molecule has 0 aromatic carbocycles. The van der Waals surface area contributed by atoms with Crippen molar-refractivity contribution >= 4 is 39.4 Å². The largest absolute Gasteiger partial charge is 0.347 e. The summed E-state index contributed by atoms with van der Waals surface area (Å²) < 4.78 is 25.6. The molecule has 5 rings (SSSR count). The molecule has 0 bridgehead atoms. The molecule has 4 aliphatic carbocycles. The first-order chi connectivity index (χ1) is 22.0. The molecule has 12 nitrogen and oxygen atoms in total. The lowest BCUT2D eigenvalue weighted by molar-refractivity contribution is -0.149. The van der Waals surface area contributed by atoms with Gasteiger partial charge in [-0.3, -0.25) is 19.2 Å². The summed E-state index contributed by atoms with van der Waals surface area (Å²) >= 11 is 0. The van der Waals surface area contributed by atoms with Gasteiger partial charge in [0.2, 0.25) is 17.6 Å². The molecule has 1 aliphatic heterocycles. The quantitative estimate of drug-likeness (QED) is 0.255. The molecule has 270 valence electrons. The monoisotopic (exact) mass is 691 g/mol. The van der Waals surface area contributed by atoms with Gasteiger partial charge in [0.05, 0.1) is 16.0 Å². The van der Waals surface area contributed by atoms with Crippen LogP contribution in [0.1, 0.15) is 120 Å². The van der Waals surface area contributed by atoms with Gasteiger partial charge in [-0.15, -0.1) is 0 Å². The molecular formula is C35H57N5O7S. The van der Waals surface area contributed by atoms with Crippen LogP contribution >= 0.6 is 0 Å². The third-order valence-corrected chi connectivity index (χ3v) is 14.7. The molecule has 1 saturated heterocycles. The third-order valence-electron chi connectivity index (χ3n) is 11.9. The van der Waals surface area contributed by atoms with Crippen molar-refractivity contribution in [2.75, 3.05) is 12.3 Å². The fraction of sp³-hybridized carbons (Fsp3) is 0.857. The van der Waals surface area contributed by atoms with E-state index in [2.05, 4.69) is 35.1 Å². The molecule has 0 radical (unpaired) electrons. The molecule has 5 fully saturated rings. The first-order valence-electron chi connectivity index (χ1n) is 17.8. The average Bonchev–Trinajstić information content (AvgIpc) is 3.79. The second-order valence-corrected chi connectivity index (χ2v) is 20.7. The minimum atomic E-state index is -3.56. The standard InChI is InChI=1S/C35H57N5O7S/c1-31(2,3)25(37-30(45)39-34(15-10-9-11-16-34)20-48(46,47)32(4,5)6)29(44)40-19-22-23(33(22,7)8)24(40)27(42)38-35(17-12-18-35)26(41)28(43)36-21-13-14-21/h21-25H,9-20H2,1-8H3,(H,36,43)(H,38,42)(H2,37,39,45)/t22-,23-,24-,25+/m0/s1. The van der Waals surface area contributed by atoms with E-state index in [4.69, 9.17) is 0 Å². The second-order valence-electron chi connectivity index (χ2n) is 18.0. The van der Waals surface area contributed by atoms with Crippen LogP contribution in [0.4, 0.5) is 4.79 Å². The zero-order chi connectivity index (χ0) is 35.7. The van der Waals surface area contributed by atoms with Crippen LogP contribution in [-0.2, 0) is 29.0 Å². The van der Waals surface area contributed by atoms with Crippen molar-refractivity contribution in [1.29, 1.82) is 0 Å². The molecule has 1 heterocycles. The number of likely N-dealkylation sites (tertiary alicyclic amines) is 1. The Hall–Kier alpha value is -2.70. The van der Waals surface area contributed by atoms with Gasteiger partial charge in [-0.05, 0) is 88.4 Å². The number of urea groups is 1. The smallest absolute Gasteiger partial charge is 0.315 e. The summed E-state index contributed by atoms with van der Waals surface area (Å²) in [6.45, 7) is 15.0. The van der Waals surface area contributed by atoms with Gasteiger partial charge in [-0.2, -0.15) is 0 Å². The Morgan fingerprint density at radius 1 is 0.854 bits per heavy atom. The highest BCUT2D eigenvalue weighted by atomic mass is 32.2. The summed E-state index contributed by atoms with van der Waals surface area (Å²) in [7, 11) is -3.56. The van der Waals surface area contributed by atoms with E-state index in [1.807, 2.05) is 20.8 Å². The lowest BCUT2D eigenvalue weighted by Crippen LogP contribution is -2.67. The van der Waals surface area contributed by atoms with E-state index in [0.29, 0.717) is 38.6 Å². The molecule has 4 saturated carbocycles. The number of Topliss-reactive ketones (excluding diaryl/α,β-unsaturated/α-hetero) is 1. The first-order valence-corrected chi connectivity index (χ1v) is 19.5. The van der Waals surface area contributed by atoms with Crippen molar-refractivity contribution in [3.63, 3.8) is 0 Å². The molecule has 4 N–H and O–H groups in total. The number of ketones is 1. The maximum absolute atomic E-state index is 14.4. The van der Waals surface area contributed by atoms with E-state index in [0.717, 1.165) is 32.1 Å². The summed E-state index contributed by atoms with van der Waals surface area (Å²) in [6, 6.07) is -2.47. The molecule has 5 aliphatic rings. The Morgan fingerprint density at radius 3 is 1.96 bits per heavy atom. The molecule has 48 heavy (non-hydrogen) atoms. The summed E-state index contributed by atoms with van der Waals surface area (Å²) in [5.41, 5.74) is -3.16. The predicted molar refractivity (Wildman–Crippen MR) is 181 cm³/mol. The van der Waals surface area contributed by atoms with Crippen LogP contribution in [0.3, 0.4) is 0 Å². The molecule has 0 aromatic rings. The Labute approximate surface area is 286 Å². The van der Waals surface area contributed by atoms with Crippen LogP contribution in [0.25, 0.3) is 0 Å². The van der Waals surface area contributed by atoms with Gasteiger partial charge < -0.3 is 26.2 Å². The molecular weight excluding hydrogens is 634 g/mol. The highest BCUT2D eigenvalue weighted by molar-refractivity contribution is 7.92. The molecule has 13 heteroatoms. The van der Waals surface area contributed by atoms with E-state index >= 15 is 0 Å². The highest BCUT2D eigenvalue weighted by Gasteiger charge is 2.70. The number of piperidine rings is 1. The number of rotatable bonds is 10. The number of carbonyl (C=O) groups excluding carboxylic acids is 5. The lowest BCUT2D eigenvalue weighted by Gasteiger charge is -2.43. The summed E-state index contributed by atoms with van der Waals surface area (Å²) in [4.78, 5) is 69.9. The number of hydrogen-bond donors (Lipinski definition) is 4. The number of fused-ring (bicyclic) bond motifs is 1. The fourth-order valence-corrected chi connectivity index (χ4v) is 9.62. The van der Waals surface area contributed by atoms with Crippen molar-refractivity contribution in [3.05, 3.63) is 0 Å². The van der Waals surface area contributed by atoms with E-state index < -0.39 is 72.7 Å². The Kier molecular flexibility index (Phi) is 9.34. The van der Waals surface area contributed by atoms with Crippen molar-refractivity contribution in [2.24, 2.45) is 22.7 Å². The Balaban J connectivity index is 1.34. The Morgan fingerprint density at radius 2 is 1.46 bits per heavy atom. The van der Waals surface area contributed by atoms with Gasteiger partial charge in [-0.1, -0.05) is 53.9 Å². The average molecular weight is 692 g/mol. The third kappa shape index (κ3) is 6.99. The van der Waals surface area contributed by atoms with Crippen molar-refractivity contribution in [3.8, 4) is 0 Å². The highest BCUT2D eigenvalue weighted by Crippen LogP contribution is 2.65. The van der Waals surface area contributed by atoms with E-state index in [9.17, 15) is 32.4 Å². The van der Waals surface area contributed by atoms with Gasteiger partial charge in [0.15, 0.2) is 9.84 Å². The molecule has 0 aromatic heterocycles. The van der Waals surface area contributed by atoms with Crippen LogP contribution in [0.5, 0.6) is 0 Å². The van der Waals surface area contributed by atoms with Crippen LogP contribution in [-0.4, -0.2) is 89.1 Å². The number of nitrogens with one attached hydrogen (secondary N) is 4. The maximum atomic E-state index is 14.4. The number of nitrogens with zero attached hydrogens (tertiary/aromatic N) is 1. The van der Waals surface area contributed by atoms with E-state index in [1.165, 1.54) is 0 Å². The topological polar surface area (TPSA) is 171 Å². The van der Waals surface area contributed by atoms with E-state index in [-0.39, 0.29) is 29.0 Å². The van der Waals surface area contributed by atoms with Crippen LogP contribution in [0.2, 0.25) is 0 Å². The van der Waals surface area contributed by atoms with Gasteiger partial charge >= 0.3 is 6.03 Å². The number of carbonyl (C=O) groups is 5. The molecule has 5 amide bonds. The van der Waals surface area contributed by atoms with Gasteiger partial charge in [0.25, 0.3) is 5.91 Å². The summed E-state index contributed by atoms with van der Waals surface area (Å²) in [6.07, 6.45) is 6.71. The van der Waals surface area contributed by atoms with Crippen LogP contribution in [0.15, 0.2) is 0 Å². The second kappa shape index (κ2) is 12.3. The minimum absolute atomic E-state index is 0.0140. The lowest BCUT2D eigenvalue weighted by atomic mass is 9.73. The van der Waals surface area contributed by atoms with E-state index in [1.54, 1.807) is 25.7 Å². The van der Waals surface area contributed by atoms with Crippen molar-refractivity contribution in [1.82, 2.24) is 26.2 Å². The number of amides is 5. The van der Waals surface area contributed by atoms with Gasteiger partial charge in [0.1, 0.15) is 17.6 Å². The molecule has 0 spiro atoms. The predicted octanol–water partition coefficient (Wildman–Crippen LogP) is 2.99. The minimum Gasteiger partial charge on any atom is -0.347 e. The van der Waals surface area contributed by atoms with Crippen molar-refractivity contribution in [2.45, 2.75) is 154 Å². The maximum Gasteiger partial charge on any atom is 0.315 e. The number of sulfone groups is 1. The first kappa shape index (κ1) is 36.6. The number of hydrogen-bond acceptors (Lipinski definition) is 7. The van der Waals surface area contributed by atoms with Crippen LogP contribution < -0.4 is 21.3 Å². The van der Waals surface area contributed by atoms with Crippen LogP contribution in [0, 0.1) is 22.7 Å². The summed E-state index contributed by atoms with van der Waals surface area (Å²) in [5.74, 6) is -2.39. The SMILES string of the molecule is CC(C)(C)[C@H](NC(=O)NC1(CS(=O)(=O)C(C)(C)C)CCCCC1)C(=O)N1C[C@H]2[C@@H]([C@H]1C(=O)NC1(C(=O)C(=O)NC3CC3)CCC1)C2(C)C. The zero-order valence-corrected chi connectivity index (χ0v) is 30.9. The normalized spacial score (nSPS) is 27.8.